The quantitative estimate of drug-likeness (QED) is 0.907. The van der Waals surface area contributed by atoms with E-state index in [9.17, 15) is 0 Å². The molecule has 19 heavy (non-hydrogen) atoms. The van der Waals surface area contributed by atoms with Crippen LogP contribution in [0.15, 0.2) is 36.5 Å². The van der Waals surface area contributed by atoms with Crippen LogP contribution >= 0.6 is 0 Å². The van der Waals surface area contributed by atoms with E-state index in [1.807, 2.05) is 19.2 Å². The fourth-order valence-electron chi connectivity index (χ4n) is 1.92. The zero-order chi connectivity index (χ0) is 13.8. The van der Waals surface area contributed by atoms with Crippen molar-refractivity contribution in [2.75, 3.05) is 24.3 Å². The van der Waals surface area contributed by atoms with Crippen molar-refractivity contribution in [3.05, 3.63) is 53.3 Å². The molecule has 0 saturated carbocycles. The van der Waals surface area contributed by atoms with Crippen molar-refractivity contribution in [2.24, 2.45) is 0 Å². The minimum absolute atomic E-state index is 0.801. The van der Waals surface area contributed by atoms with Crippen molar-refractivity contribution in [2.45, 2.75) is 20.4 Å². The van der Waals surface area contributed by atoms with E-state index in [1.165, 1.54) is 22.5 Å². The smallest absolute Gasteiger partial charge is 0.0416 e. The highest BCUT2D eigenvalue weighted by molar-refractivity contribution is 5.59. The highest BCUT2D eigenvalue weighted by Gasteiger charge is 2.01. The lowest BCUT2D eigenvalue weighted by Gasteiger charge is -2.16. The minimum atomic E-state index is 0.801. The second kappa shape index (κ2) is 5.74. The first kappa shape index (κ1) is 13.4. The predicted molar refractivity (Wildman–Crippen MR) is 81.8 cm³/mol. The van der Waals surface area contributed by atoms with Gasteiger partial charge in [0.1, 0.15) is 0 Å². The first-order valence-electron chi connectivity index (χ1n) is 6.49. The molecular formula is C16H21N3. The average molecular weight is 255 g/mol. The van der Waals surface area contributed by atoms with Gasteiger partial charge in [0.2, 0.25) is 0 Å². The Labute approximate surface area is 115 Å². The molecule has 2 rings (SSSR count). The lowest BCUT2D eigenvalue weighted by Crippen LogP contribution is -2.09. The van der Waals surface area contributed by atoms with Gasteiger partial charge in [-0.15, -0.1) is 0 Å². The van der Waals surface area contributed by atoms with Gasteiger partial charge in [-0.1, -0.05) is 6.07 Å². The largest absolute Gasteiger partial charge is 0.381 e. The third-order valence-electron chi connectivity index (χ3n) is 3.18. The number of nitrogens with one attached hydrogen (secondary N) is 1. The molecule has 0 aliphatic carbocycles. The van der Waals surface area contributed by atoms with Crippen molar-refractivity contribution in [3.8, 4) is 0 Å². The molecule has 3 heteroatoms. The monoisotopic (exact) mass is 255 g/mol. The van der Waals surface area contributed by atoms with Crippen LogP contribution < -0.4 is 10.2 Å². The van der Waals surface area contributed by atoms with Gasteiger partial charge in [0.05, 0.1) is 0 Å². The molecule has 0 radical (unpaired) electrons. The van der Waals surface area contributed by atoms with E-state index in [1.54, 1.807) is 0 Å². The Morgan fingerprint density at radius 3 is 2.47 bits per heavy atom. The third-order valence-corrected chi connectivity index (χ3v) is 3.18. The SMILES string of the molecule is Cc1ccc(CNc2ccc(N(C)C)cc2C)cn1. The number of pyridine rings is 1. The van der Waals surface area contributed by atoms with Crippen LogP contribution in [0.1, 0.15) is 16.8 Å². The van der Waals surface area contributed by atoms with Gasteiger partial charge >= 0.3 is 0 Å². The maximum atomic E-state index is 4.30. The number of aromatic nitrogens is 1. The maximum absolute atomic E-state index is 4.30. The first-order valence-corrected chi connectivity index (χ1v) is 6.49. The van der Waals surface area contributed by atoms with Gasteiger partial charge in [-0.2, -0.15) is 0 Å². The first-order chi connectivity index (χ1) is 9.06. The molecule has 0 atom stereocenters. The number of anilines is 2. The van der Waals surface area contributed by atoms with Crippen molar-refractivity contribution in [3.63, 3.8) is 0 Å². The standard InChI is InChI=1S/C16H21N3/c1-12-9-15(19(3)4)7-8-16(12)18-11-14-6-5-13(2)17-10-14/h5-10,18H,11H2,1-4H3. The summed E-state index contributed by atoms with van der Waals surface area (Å²) in [7, 11) is 4.11. The number of benzene rings is 1. The van der Waals surface area contributed by atoms with E-state index in [-0.39, 0.29) is 0 Å². The second-order valence-electron chi connectivity index (χ2n) is 5.06. The van der Waals surface area contributed by atoms with E-state index < -0.39 is 0 Å². The Morgan fingerprint density at radius 1 is 1.11 bits per heavy atom. The maximum Gasteiger partial charge on any atom is 0.0416 e. The zero-order valence-electron chi connectivity index (χ0n) is 12.1. The number of nitrogens with zero attached hydrogens (tertiary/aromatic N) is 2. The summed E-state index contributed by atoms with van der Waals surface area (Å²) in [6.45, 7) is 4.93. The lowest BCUT2D eigenvalue weighted by molar-refractivity contribution is 1.08. The van der Waals surface area contributed by atoms with Gasteiger partial charge in [-0.25, -0.2) is 0 Å². The fourth-order valence-corrected chi connectivity index (χ4v) is 1.92. The molecular weight excluding hydrogens is 234 g/mol. The van der Waals surface area contributed by atoms with Gasteiger partial charge in [0.25, 0.3) is 0 Å². The van der Waals surface area contributed by atoms with E-state index in [4.69, 9.17) is 0 Å². The summed E-state index contributed by atoms with van der Waals surface area (Å²) in [6, 6.07) is 10.6. The zero-order valence-corrected chi connectivity index (χ0v) is 12.1. The number of rotatable bonds is 4. The number of hydrogen-bond donors (Lipinski definition) is 1. The van der Waals surface area contributed by atoms with Crippen LogP contribution in [0, 0.1) is 13.8 Å². The molecule has 0 spiro atoms. The van der Waals surface area contributed by atoms with Crippen LogP contribution in [0.4, 0.5) is 11.4 Å². The summed E-state index contributed by atoms with van der Waals surface area (Å²) >= 11 is 0. The van der Waals surface area contributed by atoms with Crippen molar-refractivity contribution in [1.82, 2.24) is 4.98 Å². The Hall–Kier alpha value is -2.03. The van der Waals surface area contributed by atoms with Crippen molar-refractivity contribution in [1.29, 1.82) is 0 Å². The van der Waals surface area contributed by atoms with Crippen LogP contribution in [-0.4, -0.2) is 19.1 Å². The highest BCUT2D eigenvalue weighted by Crippen LogP contribution is 2.21. The van der Waals surface area contributed by atoms with Crippen LogP contribution in [0.3, 0.4) is 0 Å². The van der Waals surface area contributed by atoms with Crippen LogP contribution in [-0.2, 0) is 6.54 Å². The van der Waals surface area contributed by atoms with Gasteiger partial charge in [-0.3, -0.25) is 4.98 Å². The Bertz CT molecular complexity index is 544. The summed E-state index contributed by atoms with van der Waals surface area (Å²) in [6.07, 6.45) is 1.92. The molecule has 1 N–H and O–H groups in total. The normalized spacial score (nSPS) is 10.3. The molecule has 1 heterocycles. The summed E-state index contributed by atoms with van der Waals surface area (Å²) < 4.78 is 0. The van der Waals surface area contributed by atoms with Crippen LogP contribution in [0.25, 0.3) is 0 Å². The number of aryl methyl sites for hydroxylation is 2. The lowest BCUT2D eigenvalue weighted by atomic mass is 10.1. The van der Waals surface area contributed by atoms with E-state index >= 15 is 0 Å². The Kier molecular flexibility index (Phi) is 4.05. The Balaban J connectivity index is 2.05. The Morgan fingerprint density at radius 2 is 1.89 bits per heavy atom. The molecule has 0 amide bonds. The van der Waals surface area contributed by atoms with Gasteiger partial charge in [-0.05, 0) is 49.2 Å². The van der Waals surface area contributed by atoms with Gasteiger partial charge < -0.3 is 10.2 Å². The highest BCUT2D eigenvalue weighted by atomic mass is 15.1. The number of hydrogen-bond acceptors (Lipinski definition) is 3. The summed E-state index contributed by atoms with van der Waals surface area (Å²) in [5, 5.41) is 3.46. The summed E-state index contributed by atoms with van der Waals surface area (Å²) in [4.78, 5) is 6.42. The minimum Gasteiger partial charge on any atom is -0.381 e. The molecule has 0 aliphatic rings. The van der Waals surface area contributed by atoms with Crippen LogP contribution in [0.2, 0.25) is 0 Å². The van der Waals surface area contributed by atoms with E-state index in [0.717, 1.165) is 12.2 Å². The molecule has 0 fully saturated rings. The fraction of sp³-hybridized carbons (Fsp3) is 0.312. The van der Waals surface area contributed by atoms with E-state index in [0.29, 0.717) is 0 Å². The molecule has 0 bridgehead atoms. The molecule has 0 unspecified atom stereocenters. The molecule has 1 aromatic carbocycles. The van der Waals surface area contributed by atoms with Crippen molar-refractivity contribution < 1.29 is 0 Å². The third kappa shape index (κ3) is 3.47. The van der Waals surface area contributed by atoms with Gasteiger partial charge in [0, 0.05) is 43.9 Å². The summed E-state index contributed by atoms with van der Waals surface area (Å²) in [5.41, 5.74) is 5.90. The topological polar surface area (TPSA) is 28.2 Å². The average Bonchev–Trinajstić information content (AvgIpc) is 2.39. The molecule has 0 saturated heterocycles. The molecule has 2 aromatic rings. The molecule has 3 nitrogen and oxygen atoms in total. The predicted octanol–water partition coefficient (Wildman–Crippen LogP) is 3.38. The molecule has 100 valence electrons. The van der Waals surface area contributed by atoms with Crippen molar-refractivity contribution >= 4 is 11.4 Å². The van der Waals surface area contributed by atoms with E-state index in [2.05, 4.69) is 60.5 Å². The molecule has 1 aromatic heterocycles. The van der Waals surface area contributed by atoms with Crippen LogP contribution in [0.5, 0.6) is 0 Å². The second-order valence-corrected chi connectivity index (χ2v) is 5.06. The molecule has 0 aliphatic heterocycles. The summed E-state index contributed by atoms with van der Waals surface area (Å²) in [5.74, 6) is 0. The van der Waals surface area contributed by atoms with Gasteiger partial charge in [0.15, 0.2) is 0 Å².